The summed E-state index contributed by atoms with van der Waals surface area (Å²) in [6, 6.07) is 4.60. The summed E-state index contributed by atoms with van der Waals surface area (Å²) >= 11 is 1.31. The number of carboxylic acids is 1. The molecule has 3 aromatic heterocycles. The summed E-state index contributed by atoms with van der Waals surface area (Å²) in [7, 11) is -1.22. The number of hydrogen-bond acceptors (Lipinski definition) is 6. The first-order chi connectivity index (χ1) is 15.8. The predicted octanol–water partition coefficient (Wildman–Crippen LogP) is 5.33. The van der Waals surface area contributed by atoms with Gasteiger partial charge >= 0.3 is 5.97 Å². The topological polar surface area (TPSA) is 106 Å². The quantitative estimate of drug-likeness (QED) is 0.302. The Balaban J connectivity index is 1.83. The Kier molecular flexibility index (Phi) is 7.64. The maximum atomic E-state index is 12.7. The smallest absolute Gasteiger partial charge is 0.339 e. The number of aromatic carboxylic acids is 1. The van der Waals surface area contributed by atoms with Crippen molar-refractivity contribution in [3.05, 3.63) is 35.0 Å². The van der Waals surface area contributed by atoms with Gasteiger partial charge in [-0.05, 0) is 30.5 Å². The SMILES string of the molecule is C[C@@H](NC(=O)c1ccc(-c2cnc3c(n2)c(C(=O)O)cn3COCC[Si](C)(C)C)s1)C(C)(C)C. The molecule has 3 rings (SSSR count). The Morgan fingerprint density at radius 1 is 1.26 bits per heavy atom. The lowest BCUT2D eigenvalue weighted by Crippen LogP contribution is -2.41. The first kappa shape index (κ1) is 26.0. The third kappa shape index (κ3) is 6.31. The first-order valence-electron chi connectivity index (χ1n) is 11.3. The molecule has 1 amide bonds. The highest BCUT2D eigenvalue weighted by Crippen LogP contribution is 2.29. The molecule has 0 unspecified atom stereocenters. The lowest BCUT2D eigenvalue weighted by Gasteiger charge is -2.27. The van der Waals surface area contributed by atoms with Crippen LogP contribution in [-0.4, -0.2) is 52.2 Å². The fraction of sp³-hybridized carbons (Fsp3) is 0.500. The average Bonchev–Trinajstić information content (AvgIpc) is 3.35. The van der Waals surface area contributed by atoms with Crippen molar-refractivity contribution in [3.8, 4) is 10.6 Å². The zero-order chi connectivity index (χ0) is 25.3. The molecule has 184 valence electrons. The van der Waals surface area contributed by atoms with Crippen molar-refractivity contribution in [2.75, 3.05) is 6.61 Å². The average molecular weight is 503 g/mol. The molecule has 0 fully saturated rings. The highest BCUT2D eigenvalue weighted by atomic mass is 32.1. The number of ether oxygens (including phenoxy) is 1. The monoisotopic (exact) mass is 502 g/mol. The van der Waals surface area contributed by atoms with Crippen molar-refractivity contribution < 1.29 is 19.4 Å². The number of thiophene rings is 1. The number of nitrogens with one attached hydrogen (secondary N) is 1. The van der Waals surface area contributed by atoms with Gasteiger partial charge in [-0.15, -0.1) is 11.3 Å². The van der Waals surface area contributed by atoms with Crippen molar-refractivity contribution in [2.24, 2.45) is 5.41 Å². The van der Waals surface area contributed by atoms with E-state index in [1.54, 1.807) is 16.8 Å². The van der Waals surface area contributed by atoms with E-state index >= 15 is 0 Å². The molecule has 1 atom stereocenters. The van der Waals surface area contributed by atoms with Gasteiger partial charge < -0.3 is 19.7 Å². The van der Waals surface area contributed by atoms with Gasteiger partial charge in [0.05, 0.1) is 21.6 Å². The highest BCUT2D eigenvalue weighted by molar-refractivity contribution is 7.17. The molecule has 34 heavy (non-hydrogen) atoms. The van der Waals surface area contributed by atoms with E-state index in [0.717, 1.165) is 10.9 Å². The summed E-state index contributed by atoms with van der Waals surface area (Å²) in [5, 5.41) is 12.7. The Morgan fingerprint density at radius 2 is 1.97 bits per heavy atom. The largest absolute Gasteiger partial charge is 0.478 e. The van der Waals surface area contributed by atoms with E-state index in [-0.39, 0.29) is 29.7 Å². The second-order valence-electron chi connectivity index (χ2n) is 10.8. The summed E-state index contributed by atoms with van der Waals surface area (Å²) in [5.74, 6) is -1.21. The molecule has 0 aliphatic heterocycles. The summed E-state index contributed by atoms with van der Waals surface area (Å²) in [6.45, 7) is 15.9. The minimum absolute atomic E-state index is 0.00698. The van der Waals surface area contributed by atoms with E-state index in [1.165, 1.54) is 17.5 Å². The van der Waals surface area contributed by atoms with Crippen LogP contribution in [0.3, 0.4) is 0 Å². The fourth-order valence-electron chi connectivity index (χ4n) is 3.05. The Hall–Kier alpha value is -2.56. The standard InChI is InChI=1S/C24H34N4O4SSi/c1-15(24(2,3)4)26-22(29)19-9-8-18(33-19)17-12-25-21-20(27-17)16(23(30)31)13-28(21)14-32-10-11-34(5,6)7/h8-9,12-13,15H,10-11,14H2,1-7H3,(H,26,29)(H,30,31)/t15-/m1/s1. The maximum absolute atomic E-state index is 12.7. The zero-order valence-corrected chi connectivity index (χ0v) is 22.7. The van der Waals surface area contributed by atoms with Crippen LogP contribution in [0.15, 0.2) is 24.5 Å². The summed E-state index contributed by atoms with van der Waals surface area (Å²) in [4.78, 5) is 34.9. The summed E-state index contributed by atoms with van der Waals surface area (Å²) < 4.78 is 7.47. The molecule has 0 bridgehead atoms. The Labute approximate surface area is 205 Å². The van der Waals surface area contributed by atoms with Crippen LogP contribution < -0.4 is 5.32 Å². The van der Waals surface area contributed by atoms with Crippen molar-refractivity contribution in [3.63, 3.8) is 0 Å². The highest BCUT2D eigenvalue weighted by Gasteiger charge is 2.23. The first-order valence-corrected chi connectivity index (χ1v) is 15.9. The second kappa shape index (κ2) is 9.97. The minimum Gasteiger partial charge on any atom is -0.478 e. The van der Waals surface area contributed by atoms with Crippen LogP contribution in [-0.2, 0) is 11.5 Å². The number of hydrogen-bond donors (Lipinski definition) is 2. The van der Waals surface area contributed by atoms with E-state index in [2.05, 4.69) is 55.7 Å². The predicted molar refractivity (Wildman–Crippen MR) is 138 cm³/mol. The van der Waals surface area contributed by atoms with E-state index in [4.69, 9.17) is 4.74 Å². The Bertz CT molecular complexity index is 1190. The van der Waals surface area contributed by atoms with Gasteiger partial charge in [0.25, 0.3) is 5.91 Å². The molecular formula is C24H34N4O4SSi. The zero-order valence-electron chi connectivity index (χ0n) is 20.9. The molecule has 0 saturated carbocycles. The van der Waals surface area contributed by atoms with E-state index < -0.39 is 14.0 Å². The van der Waals surface area contributed by atoms with Gasteiger partial charge in [-0.2, -0.15) is 0 Å². The number of nitrogens with zero attached hydrogens (tertiary/aromatic N) is 3. The molecule has 3 aromatic rings. The third-order valence-corrected chi connectivity index (χ3v) is 8.56. The molecule has 2 N–H and O–H groups in total. The normalized spacial score (nSPS) is 13.3. The van der Waals surface area contributed by atoms with Crippen molar-refractivity contribution >= 4 is 42.5 Å². The van der Waals surface area contributed by atoms with Crippen LogP contribution in [0, 0.1) is 5.41 Å². The van der Waals surface area contributed by atoms with Gasteiger partial charge in [0, 0.05) is 26.9 Å². The Morgan fingerprint density at radius 3 is 2.59 bits per heavy atom. The van der Waals surface area contributed by atoms with E-state index in [1.807, 2.05) is 13.0 Å². The molecule has 0 aliphatic rings. The molecule has 0 aliphatic carbocycles. The molecule has 0 aromatic carbocycles. The van der Waals surface area contributed by atoms with Gasteiger partial charge in [0.15, 0.2) is 5.65 Å². The van der Waals surface area contributed by atoms with Crippen LogP contribution in [0.4, 0.5) is 0 Å². The van der Waals surface area contributed by atoms with Crippen molar-refractivity contribution in [2.45, 2.75) is 66.2 Å². The van der Waals surface area contributed by atoms with E-state index in [9.17, 15) is 14.7 Å². The summed E-state index contributed by atoms with van der Waals surface area (Å²) in [5.41, 5.74) is 1.32. The third-order valence-electron chi connectivity index (χ3n) is 5.75. The molecule has 8 nitrogen and oxygen atoms in total. The lowest BCUT2D eigenvalue weighted by atomic mass is 9.88. The number of carboxylic acid groups (broad SMARTS) is 1. The van der Waals surface area contributed by atoms with Gasteiger partial charge in [-0.1, -0.05) is 40.4 Å². The molecular weight excluding hydrogens is 468 g/mol. The van der Waals surface area contributed by atoms with Crippen LogP contribution in [0.5, 0.6) is 0 Å². The summed E-state index contributed by atoms with van der Waals surface area (Å²) in [6.07, 6.45) is 3.13. The van der Waals surface area contributed by atoms with Crippen LogP contribution >= 0.6 is 11.3 Å². The van der Waals surface area contributed by atoms with Gasteiger partial charge in [-0.3, -0.25) is 4.79 Å². The van der Waals surface area contributed by atoms with Crippen molar-refractivity contribution in [1.29, 1.82) is 0 Å². The van der Waals surface area contributed by atoms with Gasteiger partial charge in [0.2, 0.25) is 0 Å². The van der Waals surface area contributed by atoms with Crippen molar-refractivity contribution in [1.82, 2.24) is 19.9 Å². The molecule has 0 radical (unpaired) electrons. The molecule has 0 spiro atoms. The number of fused-ring (bicyclic) bond motifs is 1. The second-order valence-corrected chi connectivity index (χ2v) is 17.5. The van der Waals surface area contributed by atoms with Crippen LogP contribution in [0.25, 0.3) is 21.7 Å². The number of rotatable bonds is 9. The van der Waals surface area contributed by atoms with Crippen LogP contribution in [0.1, 0.15) is 47.7 Å². The van der Waals surface area contributed by atoms with Gasteiger partial charge in [-0.25, -0.2) is 14.8 Å². The maximum Gasteiger partial charge on any atom is 0.339 e. The minimum atomic E-state index is -1.22. The number of carbonyl (C=O) groups excluding carboxylic acids is 1. The molecule has 10 heteroatoms. The van der Waals surface area contributed by atoms with E-state index in [0.29, 0.717) is 28.3 Å². The number of aromatic nitrogens is 3. The fourth-order valence-corrected chi connectivity index (χ4v) is 4.67. The number of carbonyl (C=O) groups is 2. The molecule has 0 saturated heterocycles. The van der Waals surface area contributed by atoms with Gasteiger partial charge in [0.1, 0.15) is 17.8 Å². The lowest BCUT2D eigenvalue weighted by molar-refractivity contribution is 0.0695. The van der Waals surface area contributed by atoms with Crippen LogP contribution in [0.2, 0.25) is 25.7 Å². The number of amides is 1. The molecule has 3 heterocycles.